The van der Waals surface area contributed by atoms with Gasteiger partial charge in [0, 0.05) is 25.4 Å². The predicted octanol–water partition coefficient (Wildman–Crippen LogP) is 0.497. The molecule has 0 saturated carbocycles. The summed E-state index contributed by atoms with van der Waals surface area (Å²) in [5.41, 5.74) is 0.800. The molecule has 60 valence electrons. The lowest BCUT2D eigenvalue weighted by atomic mass is 10.1. The Morgan fingerprint density at radius 1 is 1.36 bits per heavy atom. The Bertz CT molecular complexity index is 201. The van der Waals surface area contributed by atoms with E-state index in [0.717, 1.165) is 5.56 Å². The standard InChI is InChI=1S/C8H11NO2/c10-6-3-8(11)7-1-4-9-5-2-7/h1-2,4-5,8,10-11H,3,6H2. The Labute approximate surface area is 65.3 Å². The molecule has 1 aromatic rings. The Kier molecular flexibility index (Phi) is 3.01. The van der Waals surface area contributed by atoms with Crippen molar-refractivity contribution in [1.82, 2.24) is 4.98 Å². The number of nitrogens with zero attached hydrogens (tertiary/aromatic N) is 1. The Morgan fingerprint density at radius 3 is 2.55 bits per heavy atom. The van der Waals surface area contributed by atoms with Gasteiger partial charge in [-0.05, 0) is 17.7 Å². The van der Waals surface area contributed by atoms with Gasteiger partial charge in [-0.15, -0.1) is 0 Å². The maximum atomic E-state index is 9.33. The normalized spacial score (nSPS) is 12.9. The van der Waals surface area contributed by atoms with E-state index in [1.165, 1.54) is 0 Å². The van der Waals surface area contributed by atoms with Crippen molar-refractivity contribution in [2.24, 2.45) is 0 Å². The van der Waals surface area contributed by atoms with E-state index in [0.29, 0.717) is 6.42 Å². The molecule has 1 unspecified atom stereocenters. The van der Waals surface area contributed by atoms with Crippen LogP contribution in [-0.4, -0.2) is 21.8 Å². The number of hydrogen-bond acceptors (Lipinski definition) is 3. The summed E-state index contributed by atoms with van der Waals surface area (Å²) >= 11 is 0. The first-order valence-electron chi connectivity index (χ1n) is 3.53. The van der Waals surface area contributed by atoms with Gasteiger partial charge in [-0.2, -0.15) is 0 Å². The van der Waals surface area contributed by atoms with Gasteiger partial charge < -0.3 is 10.2 Å². The van der Waals surface area contributed by atoms with E-state index in [4.69, 9.17) is 5.11 Å². The molecule has 0 amide bonds. The van der Waals surface area contributed by atoms with Crippen molar-refractivity contribution in [2.45, 2.75) is 12.5 Å². The molecule has 1 atom stereocenters. The van der Waals surface area contributed by atoms with Gasteiger partial charge in [0.15, 0.2) is 0 Å². The number of aliphatic hydroxyl groups excluding tert-OH is 2. The third kappa shape index (κ3) is 2.29. The highest BCUT2D eigenvalue weighted by molar-refractivity contribution is 5.12. The number of aliphatic hydroxyl groups is 2. The van der Waals surface area contributed by atoms with Crippen molar-refractivity contribution in [1.29, 1.82) is 0 Å². The molecule has 0 aliphatic carbocycles. The molecule has 1 heterocycles. The minimum absolute atomic E-state index is 0.00346. The second-order valence-electron chi connectivity index (χ2n) is 2.31. The van der Waals surface area contributed by atoms with Gasteiger partial charge in [0.1, 0.15) is 0 Å². The largest absolute Gasteiger partial charge is 0.396 e. The minimum atomic E-state index is -0.567. The lowest BCUT2D eigenvalue weighted by Gasteiger charge is -2.07. The van der Waals surface area contributed by atoms with Crippen LogP contribution in [0.5, 0.6) is 0 Å². The van der Waals surface area contributed by atoms with E-state index in [-0.39, 0.29) is 6.61 Å². The van der Waals surface area contributed by atoms with Gasteiger partial charge >= 0.3 is 0 Å². The van der Waals surface area contributed by atoms with Crippen LogP contribution in [0.1, 0.15) is 18.1 Å². The maximum absolute atomic E-state index is 9.33. The smallest absolute Gasteiger partial charge is 0.0813 e. The number of pyridine rings is 1. The monoisotopic (exact) mass is 153 g/mol. The lowest BCUT2D eigenvalue weighted by molar-refractivity contribution is 0.134. The van der Waals surface area contributed by atoms with Crippen LogP contribution in [0.15, 0.2) is 24.5 Å². The lowest BCUT2D eigenvalue weighted by Crippen LogP contribution is -1.99. The van der Waals surface area contributed by atoms with Crippen LogP contribution in [0.2, 0.25) is 0 Å². The van der Waals surface area contributed by atoms with E-state index < -0.39 is 6.10 Å². The topological polar surface area (TPSA) is 53.4 Å². The van der Waals surface area contributed by atoms with Crippen LogP contribution in [-0.2, 0) is 0 Å². The highest BCUT2D eigenvalue weighted by atomic mass is 16.3. The van der Waals surface area contributed by atoms with E-state index >= 15 is 0 Å². The van der Waals surface area contributed by atoms with Crippen LogP contribution < -0.4 is 0 Å². The molecular formula is C8H11NO2. The van der Waals surface area contributed by atoms with Crippen LogP contribution in [0, 0.1) is 0 Å². The summed E-state index contributed by atoms with van der Waals surface area (Å²) < 4.78 is 0. The fourth-order valence-corrected chi connectivity index (χ4v) is 0.875. The summed E-state index contributed by atoms with van der Waals surface area (Å²) in [7, 11) is 0. The van der Waals surface area contributed by atoms with Gasteiger partial charge in [0.25, 0.3) is 0 Å². The van der Waals surface area contributed by atoms with Gasteiger partial charge in [0.05, 0.1) is 6.10 Å². The fourth-order valence-electron chi connectivity index (χ4n) is 0.875. The quantitative estimate of drug-likeness (QED) is 0.664. The SMILES string of the molecule is OCCC(O)c1ccncc1. The predicted molar refractivity (Wildman–Crippen MR) is 40.9 cm³/mol. The molecule has 0 aliphatic heterocycles. The van der Waals surface area contributed by atoms with Crippen LogP contribution in [0.4, 0.5) is 0 Å². The zero-order chi connectivity index (χ0) is 8.10. The second kappa shape index (κ2) is 4.05. The average Bonchev–Trinajstić information content (AvgIpc) is 2.07. The molecule has 3 heteroatoms. The fraction of sp³-hybridized carbons (Fsp3) is 0.375. The molecule has 1 aromatic heterocycles. The maximum Gasteiger partial charge on any atom is 0.0813 e. The molecule has 0 aliphatic rings. The van der Waals surface area contributed by atoms with E-state index in [1.807, 2.05) is 0 Å². The number of rotatable bonds is 3. The van der Waals surface area contributed by atoms with Crippen LogP contribution >= 0.6 is 0 Å². The molecule has 0 fully saturated rings. The van der Waals surface area contributed by atoms with Crippen molar-refractivity contribution in [3.8, 4) is 0 Å². The van der Waals surface area contributed by atoms with Crippen molar-refractivity contribution in [2.75, 3.05) is 6.61 Å². The molecule has 0 saturated heterocycles. The molecule has 0 radical (unpaired) electrons. The van der Waals surface area contributed by atoms with Crippen molar-refractivity contribution < 1.29 is 10.2 Å². The highest BCUT2D eigenvalue weighted by Crippen LogP contribution is 2.13. The number of hydrogen-bond donors (Lipinski definition) is 2. The third-order valence-corrected chi connectivity index (χ3v) is 1.49. The first-order valence-corrected chi connectivity index (χ1v) is 3.53. The molecule has 3 nitrogen and oxygen atoms in total. The van der Waals surface area contributed by atoms with Crippen LogP contribution in [0.25, 0.3) is 0 Å². The average molecular weight is 153 g/mol. The molecule has 1 rings (SSSR count). The first kappa shape index (κ1) is 8.17. The molecule has 2 N–H and O–H groups in total. The minimum Gasteiger partial charge on any atom is -0.396 e. The van der Waals surface area contributed by atoms with E-state index in [2.05, 4.69) is 4.98 Å². The van der Waals surface area contributed by atoms with Gasteiger partial charge in [-0.25, -0.2) is 0 Å². The first-order chi connectivity index (χ1) is 5.34. The molecule has 0 spiro atoms. The van der Waals surface area contributed by atoms with E-state index in [1.54, 1.807) is 24.5 Å². The summed E-state index contributed by atoms with van der Waals surface area (Å²) in [5, 5.41) is 17.9. The highest BCUT2D eigenvalue weighted by Gasteiger charge is 2.04. The zero-order valence-electron chi connectivity index (χ0n) is 6.14. The molecule has 11 heavy (non-hydrogen) atoms. The summed E-state index contributed by atoms with van der Waals surface area (Å²) in [4.78, 5) is 3.81. The summed E-state index contributed by atoms with van der Waals surface area (Å²) in [6.45, 7) is 0.00346. The zero-order valence-corrected chi connectivity index (χ0v) is 6.14. The summed E-state index contributed by atoms with van der Waals surface area (Å²) in [6, 6.07) is 3.47. The molecule has 0 bridgehead atoms. The Hall–Kier alpha value is -0.930. The Balaban J connectivity index is 2.61. The molecular weight excluding hydrogens is 142 g/mol. The van der Waals surface area contributed by atoms with Crippen molar-refractivity contribution >= 4 is 0 Å². The summed E-state index contributed by atoms with van der Waals surface area (Å²) in [6.07, 6.45) is 3.05. The number of aromatic nitrogens is 1. The Morgan fingerprint density at radius 2 is 2.00 bits per heavy atom. The summed E-state index contributed by atoms with van der Waals surface area (Å²) in [5.74, 6) is 0. The van der Waals surface area contributed by atoms with Crippen molar-refractivity contribution in [3.63, 3.8) is 0 Å². The second-order valence-corrected chi connectivity index (χ2v) is 2.31. The van der Waals surface area contributed by atoms with Gasteiger partial charge in [0.2, 0.25) is 0 Å². The van der Waals surface area contributed by atoms with Gasteiger partial charge in [-0.3, -0.25) is 4.98 Å². The van der Waals surface area contributed by atoms with Gasteiger partial charge in [-0.1, -0.05) is 0 Å². The third-order valence-electron chi connectivity index (χ3n) is 1.49. The van der Waals surface area contributed by atoms with Crippen LogP contribution in [0.3, 0.4) is 0 Å². The molecule has 0 aromatic carbocycles. The van der Waals surface area contributed by atoms with E-state index in [9.17, 15) is 5.11 Å². The van der Waals surface area contributed by atoms with Crippen molar-refractivity contribution in [3.05, 3.63) is 30.1 Å².